The van der Waals surface area contributed by atoms with E-state index >= 15 is 0 Å². The lowest BCUT2D eigenvalue weighted by Gasteiger charge is -2.57. The van der Waals surface area contributed by atoms with Crippen molar-refractivity contribution in [2.24, 2.45) is 11.8 Å². The highest BCUT2D eigenvalue weighted by Gasteiger charge is 2.48. The quantitative estimate of drug-likeness (QED) is 0.737. The van der Waals surface area contributed by atoms with Crippen LogP contribution in [-0.4, -0.2) is 61.1 Å². The Balaban J connectivity index is 1.34. The first-order valence-corrected chi connectivity index (χ1v) is 11.7. The van der Waals surface area contributed by atoms with Gasteiger partial charge in [0.2, 0.25) is 5.91 Å². The van der Waals surface area contributed by atoms with E-state index in [1.54, 1.807) is 7.11 Å². The zero-order chi connectivity index (χ0) is 20.7. The maximum Gasteiger partial charge on any atom is 0.223 e. The van der Waals surface area contributed by atoms with Gasteiger partial charge in [-0.25, -0.2) is 0 Å². The van der Waals surface area contributed by atoms with E-state index in [1.807, 2.05) is 12.1 Å². The minimum atomic E-state index is 0.418. The van der Waals surface area contributed by atoms with E-state index in [0.29, 0.717) is 36.4 Å². The van der Waals surface area contributed by atoms with Crippen molar-refractivity contribution in [3.8, 4) is 11.5 Å². The molecule has 1 aromatic carbocycles. The molecule has 3 fully saturated rings. The van der Waals surface area contributed by atoms with Crippen LogP contribution in [0.5, 0.6) is 11.5 Å². The Morgan fingerprint density at radius 2 is 2.10 bits per heavy atom. The van der Waals surface area contributed by atoms with Crippen LogP contribution < -0.4 is 9.47 Å². The van der Waals surface area contributed by atoms with E-state index in [9.17, 15) is 4.79 Å². The SMILES string of the molecule is CCC[C@H]1[C@H]2C[C@H](CN(CC3=Cc4cc(OC)ccc4OC3)C2)[C@@H]2CCCC(=O)N21. The lowest BCUT2D eigenvalue weighted by atomic mass is 9.71. The third-order valence-electron chi connectivity index (χ3n) is 7.57. The van der Waals surface area contributed by atoms with Gasteiger partial charge in [0.05, 0.1) is 7.11 Å². The van der Waals surface area contributed by atoms with Crippen LogP contribution in [0.25, 0.3) is 6.08 Å². The van der Waals surface area contributed by atoms with Gasteiger partial charge in [0, 0.05) is 43.7 Å². The number of piperidine rings is 3. The third kappa shape index (κ3) is 3.62. The number of hydrogen-bond acceptors (Lipinski definition) is 4. The number of nitrogens with zero attached hydrogens (tertiary/aromatic N) is 2. The minimum Gasteiger partial charge on any atom is -0.497 e. The summed E-state index contributed by atoms with van der Waals surface area (Å²) in [6.07, 6.45) is 8.89. The van der Waals surface area contributed by atoms with E-state index in [4.69, 9.17) is 9.47 Å². The van der Waals surface area contributed by atoms with Gasteiger partial charge in [-0.1, -0.05) is 13.3 Å². The summed E-state index contributed by atoms with van der Waals surface area (Å²) < 4.78 is 11.4. The van der Waals surface area contributed by atoms with Gasteiger partial charge in [0.1, 0.15) is 18.1 Å². The van der Waals surface area contributed by atoms with Gasteiger partial charge in [0.25, 0.3) is 0 Å². The predicted octanol–water partition coefficient (Wildman–Crippen LogP) is 3.97. The molecular formula is C25H34N2O3. The zero-order valence-corrected chi connectivity index (χ0v) is 18.3. The molecular weight excluding hydrogens is 376 g/mol. The number of hydrogen-bond donors (Lipinski definition) is 0. The van der Waals surface area contributed by atoms with Gasteiger partial charge in [0.15, 0.2) is 0 Å². The lowest BCUT2D eigenvalue weighted by molar-refractivity contribution is -0.153. The zero-order valence-electron chi connectivity index (χ0n) is 18.3. The number of carbonyl (C=O) groups excluding carboxylic acids is 1. The third-order valence-corrected chi connectivity index (χ3v) is 7.57. The molecule has 0 unspecified atom stereocenters. The van der Waals surface area contributed by atoms with Crippen molar-refractivity contribution in [2.75, 3.05) is 33.4 Å². The van der Waals surface area contributed by atoms with E-state index in [2.05, 4.69) is 28.9 Å². The molecule has 3 saturated heterocycles. The molecule has 4 heterocycles. The van der Waals surface area contributed by atoms with Gasteiger partial charge in [-0.2, -0.15) is 0 Å². The summed E-state index contributed by atoms with van der Waals surface area (Å²) in [6, 6.07) is 6.91. The van der Waals surface area contributed by atoms with Crippen molar-refractivity contribution in [1.82, 2.24) is 9.80 Å². The molecule has 4 aliphatic rings. The van der Waals surface area contributed by atoms with Crippen molar-refractivity contribution in [2.45, 2.75) is 57.5 Å². The first kappa shape index (κ1) is 19.9. The Morgan fingerprint density at radius 3 is 2.93 bits per heavy atom. The number of ether oxygens (including phenoxy) is 2. The molecule has 0 N–H and O–H groups in total. The van der Waals surface area contributed by atoms with E-state index in [-0.39, 0.29) is 0 Å². The van der Waals surface area contributed by atoms with E-state index < -0.39 is 0 Å². The molecule has 0 saturated carbocycles. The summed E-state index contributed by atoms with van der Waals surface area (Å²) >= 11 is 0. The first-order valence-electron chi connectivity index (χ1n) is 11.7. The number of benzene rings is 1. The Bertz CT molecular complexity index is 836. The summed E-state index contributed by atoms with van der Waals surface area (Å²) in [5, 5.41) is 0. The van der Waals surface area contributed by atoms with Crippen LogP contribution in [0.4, 0.5) is 0 Å². The van der Waals surface area contributed by atoms with Crippen LogP contribution in [0.2, 0.25) is 0 Å². The van der Waals surface area contributed by atoms with Gasteiger partial charge in [-0.3, -0.25) is 9.69 Å². The maximum absolute atomic E-state index is 12.8. The molecule has 4 atom stereocenters. The summed E-state index contributed by atoms with van der Waals surface area (Å²) in [6.45, 7) is 6.08. The second kappa shape index (κ2) is 8.26. The van der Waals surface area contributed by atoms with E-state index in [0.717, 1.165) is 62.4 Å². The summed E-state index contributed by atoms with van der Waals surface area (Å²) in [5.74, 6) is 3.46. The Hall–Kier alpha value is -2.01. The molecule has 30 heavy (non-hydrogen) atoms. The molecule has 1 amide bonds. The molecule has 0 spiro atoms. The van der Waals surface area contributed by atoms with Crippen molar-refractivity contribution in [3.05, 3.63) is 29.3 Å². The molecule has 162 valence electrons. The summed E-state index contributed by atoms with van der Waals surface area (Å²) in [7, 11) is 1.70. The highest BCUT2D eigenvalue weighted by Crippen LogP contribution is 2.43. The first-order chi connectivity index (χ1) is 14.7. The number of methoxy groups -OCH3 is 1. The highest BCUT2D eigenvalue weighted by molar-refractivity contribution is 5.78. The molecule has 4 aliphatic heterocycles. The number of rotatable bonds is 5. The Kier molecular flexibility index (Phi) is 5.48. The fraction of sp³-hybridized carbons (Fsp3) is 0.640. The average molecular weight is 411 g/mol. The van der Waals surface area contributed by atoms with Crippen LogP contribution in [0.1, 0.15) is 51.0 Å². The van der Waals surface area contributed by atoms with Crippen LogP contribution in [-0.2, 0) is 4.79 Å². The molecule has 5 heteroatoms. The number of carbonyl (C=O) groups is 1. The molecule has 5 nitrogen and oxygen atoms in total. The monoisotopic (exact) mass is 410 g/mol. The maximum atomic E-state index is 12.8. The van der Waals surface area contributed by atoms with Crippen LogP contribution in [0.3, 0.4) is 0 Å². The molecule has 0 aliphatic carbocycles. The van der Waals surface area contributed by atoms with Crippen LogP contribution >= 0.6 is 0 Å². The van der Waals surface area contributed by atoms with Gasteiger partial charge in [-0.05, 0) is 67.4 Å². The molecule has 1 aromatic rings. The summed E-state index contributed by atoms with van der Waals surface area (Å²) in [4.78, 5) is 17.8. The second-order valence-corrected chi connectivity index (χ2v) is 9.56. The normalized spacial score (nSPS) is 30.8. The van der Waals surface area contributed by atoms with Crippen LogP contribution in [0, 0.1) is 11.8 Å². The van der Waals surface area contributed by atoms with Gasteiger partial charge >= 0.3 is 0 Å². The fourth-order valence-electron chi connectivity index (χ4n) is 6.38. The molecule has 5 rings (SSSR count). The average Bonchev–Trinajstić information content (AvgIpc) is 2.76. The van der Waals surface area contributed by atoms with E-state index in [1.165, 1.54) is 18.4 Å². The standard InChI is InChI=1S/C25H34N2O3/c1-3-5-22-19-11-20(23-6-4-7-25(28)27(22)23)15-26(14-19)13-17-10-18-12-21(29-2)8-9-24(18)30-16-17/h8-10,12,19-20,22-23H,3-7,11,13-16H2,1-2H3/t19-,20+,22-,23-/m0/s1. The predicted molar refractivity (Wildman–Crippen MR) is 118 cm³/mol. The molecule has 0 radical (unpaired) electrons. The molecule has 2 bridgehead atoms. The van der Waals surface area contributed by atoms with Gasteiger partial charge < -0.3 is 14.4 Å². The number of amides is 1. The van der Waals surface area contributed by atoms with Crippen molar-refractivity contribution in [3.63, 3.8) is 0 Å². The summed E-state index contributed by atoms with van der Waals surface area (Å²) in [5.41, 5.74) is 2.44. The largest absolute Gasteiger partial charge is 0.497 e. The Labute approximate surface area is 180 Å². The lowest BCUT2D eigenvalue weighted by Crippen LogP contribution is -2.65. The smallest absolute Gasteiger partial charge is 0.223 e. The second-order valence-electron chi connectivity index (χ2n) is 9.56. The number of fused-ring (bicyclic) bond motifs is 5. The minimum absolute atomic E-state index is 0.418. The van der Waals surface area contributed by atoms with Crippen LogP contribution in [0.15, 0.2) is 23.8 Å². The highest BCUT2D eigenvalue weighted by atomic mass is 16.5. The Morgan fingerprint density at radius 1 is 1.23 bits per heavy atom. The van der Waals surface area contributed by atoms with Crippen molar-refractivity contribution < 1.29 is 14.3 Å². The van der Waals surface area contributed by atoms with Gasteiger partial charge in [-0.15, -0.1) is 0 Å². The van der Waals surface area contributed by atoms with Crippen molar-refractivity contribution >= 4 is 12.0 Å². The number of likely N-dealkylation sites (tertiary alicyclic amines) is 1. The fourth-order valence-corrected chi connectivity index (χ4v) is 6.38. The topological polar surface area (TPSA) is 42.0 Å². The molecule has 0 aromatic heterocycles. The van der Waals surface area contributed by atoms with Crippen molar-refractivity contribution in [1.29, 1.82) is 0 Å².